The Morgan fingerprint density at radius 3 is 1.54 bits per heavy atom. The Morgan fingerprint density at radius 1 is 0.875 bits per heavy atom. The van der Waals surface area contributed by atoms with E-state index in [1.54, 1.807) is 14.2 Å². The molecule has 0 aliphatic rings. The Hall–Kier alpha value is -2.04. The van der Waals surface area contributed by atoms with Crippen LogP contribution >= 0.6 is 0 Å². The average molecular weight is 329 g/mol. The lowest BCUT2D eigenvalue weighted by Gasteiger charge is -2.36. The fraction of sp³-hybridized carbons (Fsp3) is 0.400. The van der Waals surface area contributed by atoms with Gasteiger partial charge in [0.25, 0.3) is 0 Å². The van der Waals surface area contributed by atoms with Crippen molar-refractivity contribution < 1.29 is 14.6 Å². The Labute approximate surface area is 144 Å². The highest BCUT2D eigenvalue weighted by Crippen LogP contribution is 2.36. The van der Waals surface area contributed by atoms with Gasteiger partial charge >= 0.3 is 0 Å². The molecule has 0 aliphatic carbocycles. The van der Waals surface area contributed by atoms with E-state index in [0.29, 0.717) is 12.3 Å². The topological polar surface area (TPSA) is 64.7 Å². The van der Waals surface area contributed by atoms with Crippen LogP contribution in [0.5, 0.6) is 11.5 Å². The monoisotopic (exact) mass is 329 g/mol. The number of hydrogen-bond acceptors (Lipinski definition) is 4. The molecule has 0 aliphatic heterocycles. The summed E-state index contributed by atoms with van der Waals surface area (Å²) >= 11 is 0. The van der Waals surface area contributed by atoms with Crippen LogP contribution in [0.1, 0.15) is 31.4 Å². The van der Waals surface area contributed by atoms with Crippen LogP contribution in [0.25, 0.3) is 0 Å². The van der Waals surface area contributed by atoms with Crippen LogP contribution in [0.3, 0.4) is 0 Å². The predicted octanol–water partition coefficient (Wildman–Crippen LogP) is 3.31. The van der Waals surface area contributed by atoms with Gasteiger partial charge in [-0.15, -0.1) is 0 Å². The van der Waals surface area contributed by atoms with Gasteiger partial charge in [-0.05, 0) is 47.7 Å². The summed E-state index contributed by atoms with van der Waals surface area (Å²) in [4.78, 5) is 0. The fourth-order valence-electron chi connectivity index (χ4n) is 2.96. The number of rotatable bonds is 7. The van der Waals surface area contributed by atoms with Crippen molar-refractivity contribution in [1.29, 1.82) is 0 Å². The molecule has 4 heteroatoms. The number of ether oxygens (including phenoxy) is 2. The van der Waals surface area contributed by atoms with Crippen LogP contribution in [0.2, 0.25) is 0 Å². The minimum absolute atomic E-state index is 0.378. The molecule has 2 rings (SSSR count). The highest BCUT2D eigenvalue weighted by Gasteiger charge is 2.38. The number of aliphatic hydroxyl groups is 1. The molecule has 0 spiro atoms. The van der Waals surface area contributed by atoms with E-state index in [0.717, 1.165) is 22.6 Å². The number of benzene rings is 2. The summed E-state index contributed by atoms with van der Waals surface area (Å²) in [5.74, 6) is 1.87. The van der Waals surface area contributed by atoms with Gasteiger partial charge in [-0.1, -0.05) is 38.1 Å². The SMILES string of the molecule is COc1ccc(C(O)(c2ccc(OC)cc2)[C@H](N)CC(C)C)cc1. The van der Waals surface area contributed by atoms with Crippen LogP contribution in [0, 0.1) is 5.92 Å². The average Bonchev–Trinajstić information content (AvgIpc) is 2.60. The zero-order valence-corrected chi connectivity index (χ0v) is 14.8. The van der Waals surface area contributed by atoms with Crippen LogP contribution < -0.4 is 15.2 Å². The molecule has 0 fully saturated rings. The maximum absolute atomic E-state index is 11.6. The first-order valence-electron chi connectivity index (χ1n) is 8.18. The van der Waals surface area contributed by atoms with E-state index >= 15 is 0 Å². The summed E-state index contributed by atoms with van der Waals surface area (Å²) in [7, 11) is 3.24. The smallest absolute Gasteiger partial charge is 0.130 e. The highest BCUT2D eigenvalue weighted by molar-refractivity contribution is 5.42. The number of nitrogens with two attached hydrogens (primary N) is 1. The van der Waals surface area contributed by atoms with Crippen molar-refractivity contribution in [2.75, 3.05) is 14.2 Å². The first-order chi connectivity index (χ1) is 11.4. The van der Waals surface area contributed by atoms with Gasteiger partial charge in [-0.2, -0.15) is 0 Å². The van der Waals surface area contributed by atoms with E-state index in [2.05, 4.69) is 13.8 Å². The lowest BCUT2D eigenvalue weighted by molar-refractivity contribution is 0.0441. The summed E-state index contributed by atoms with van der Waals surface area (Å²) in [5.41, 5.74) is 6.67. The third-order valence-electron chi connectivity index (χ3n) is 4.32. The van der Waals surface area contributed by atoms with Gasteiger partial charge in [0.15, 0.2) is 0 Å². The lowest BCUT2D eigenvalue weighted by Crippen LogP contribution is -2.47. The second kappa shape index (κ2) is 7.69. The molecule has 0 bridgehead atoms. The largest absolute Gasteiger partial charge is 0.497 e. The zero-order valence-electron chi connectivity index (χ0n) is 14.8. The van der Waals surface area contributed by atoms with Gasteiger partial charge in [0.1, 0.15) is 17.1 Å². The predicted molar refractivity (Wildman–Crippen MR) is 96.4 cm³/mol. The maximum Gasteiger partial charge on any atom is 0.130 e. The first kappa shape index (κ1) is 18.3. The molecule has 0 saturated carbocycles. The molecular formula is C20H27NO3. The fourth-order valence-corrected chi connectivity index (χ4v) is 2.96. The molecule has 0 radical (unpaired) electrons. The summed E-state index contributed by atoms with van der Waals surface area (Å²) in [6.45, 7) is 4.20. The van der Waals surface area contributed by atoms with Crippen molar-refractivity contribution >= 4 is 0 Å². The molecule has 4 nitrogen and oxygen atoms in total. The first-order valence-corrected chi connectivity index (χ1v) is 8.18. The highest BCUT2D eigenvalue weighted by atomic mass is 16.5. The van der Waals surface area contributed by atoms with E-state index in [1.807, 2.05) is 48.5 Å². The van der Waals surface area contributed by atoms with E-state index in [1.165, 1.54) is 0 Å². The second-order valence-corrected chi connectivity index (χ2v) is 6.46. The van der Waals surface area contributed by atoms with Crippen LogP contribution in [-0.4, -0.2) is 25.4 Å². The second-order valence-electron chi connectivity index (χ2n) is 6.46. The Bertz CT molecular complexity index is 587. The molecule has 0 saturated heterocycles. The summed E-state index contributed by atoms with van der Waals surface area (Å²) in [6, 6.07) is 14.4. The van der Waals surface area contributed by atoms with Gasteiger partial charge < -0.3 is 20.3 Å². The van der Waals surface area contributed by atoms with E-state index in [9.17, 15) is 5.11 Å². The molecule has 0 heterocycles. The van der Waals surface area contributed by atoms with Gasteiger partial charge in [-0.3, -0.25) is 0 Å². The summed E-state index contributed by atoms with van der Waals surface area (Å²) in [6.07, 6.45) is 0.703. The standard InChI is InChI=1S/C20H27NO3/c1-14(2)13-19(21)20(22,15-5-9-17(23-3)10-6-15)16-7-11-18(24-4)12-8-16/h5-12,14,19,22H,13,21H2,1-4H3/t19-/m1/s1. The molecule has 1 atom stereocenters. The molecule has 24 heavy (non-hydrogen) atoms. The molecule has 130 valence electrons. The Morgan fingerprint density at radius 2 is 1.25 bits per heavy atom. The van der Waals surface area contributed by atoms with E-state index in [4.69, 9.17) is 15.2 Å². The summed E-state index contributed by atoms with van der Waals surface area (Å²) in [5, 5.41) is 11.6. The van der Waals surface area contributed by atoms with Gasteiger partial charge in [0.05, 0.1) is 14.2 Å². The third-order valence-corrected chi connectivity index (χ3v) is 4.32. The van der Waals surface area contributed by atoms with Crippen molar-refractivity contribution in [3.63, 3.8) is 0 Å². The number of hydrogen-bond donors (Lipinski definition) is 2. The molecule has 2 aromatic rings. The molecule has 0 unspecified atom stereocenters. The Balaban J connectivity index is 2.49. The minimum Gasteiger partial charge on any atom is -0.497 e. The lowest BCUT2D eigenvalue weighted by atomic mass is 9.77. The van der Waals surface area contributed by atoms with Crippen LogP contribution in [0.4, 0.5) is 0 Å². The molecule has 0 amide bonds. The van der Waals surface area contributed by atoms with Crippen molar-refractivity contribution in [3.8, 4) is 11.5 Å². The Kier molecular flexibility index (Phi) is 5.86. The molecular weight excluding hydrogens is 302 g/mol. The maximum atomic E-state index is 11.6. The number of methoxy groups -OCH3 is 2. The quantitative estimate of drug-likeness (QED) is 0.818. The van der Waals surface area contributed by atoms with Crippen molar-refractivity contribution in [2.45, 2.75) is 31.9 Å². The van der Waals surface area contributed by atoms with Crippen molar-refractivity contribution in [1.82, 2.24) is 0 Å². The normalized spacial score (nSPS) is 13.0. The summed E-state index contributed by atoms with van der Waals surface area (Å²) < 4.78 is 10.4. The van der Waals surface area contributed by atoms with Crippen molar-refractivity contribution in [2.24, 2.45) is 11.7 Å². The van der Waals surface area contributed by atoms with Crippen LogP contribution in [-0.2, 0) is 5.60 Å². The molecule has 0 aromatic heterocycles. The van der Waals surface area contributed by atoms with Gasteiger partial charge in [0, 0.05) is 6.04 Å². The van der Waals surface area contributed by atoms with Crippen LogP contribution in [0.15, 0.2) is 48.5 Å². The molecule has 3 N–H and O–H groups in total. The van der Waals surface area contributed by atoms with E-state index < -0.39 is 11.6 Å². The van der Waals surface area contributed by atoms with E-state index in [-0.39, 0.29) is 0 Å². The molecule has 2 aromatic carbocycles. The van der Waals surface area contributed by atoms with Crippen molar-refractivity contribution in [3.05, 3.63) is 59.7 Å². The minimum atomic E-state index is -1.27. The third kappa shape index (κ3) is 3.71. The van der Waals surface area contributed by atoms with Gasteiger partial charge in [-0.25, -0.2) is 0 Å². The zero-order chi connectivity index (χ0) is 17.7. The van der Waals surface area contributed by atoms with Gasteiger partial charge in [0.2, 0.25) is 0 Å².